The van der Waals surface area contributed by atoms with Crippen molar-refractivity contribution in [2.75, 3.05) is 0 Å². The molecule has 4 nitrogen and oxygen atoms in total. The van der Waals surface area contributed by atoms with Gasteiger partial charge in [-0.05, 0) is 17.2 Å². The molecular weight excluding hydrogens is 290 g/mol. The summed E-state index contributed by atoms with van der Waals surface area (Å²) in [5.41, 5.74) is 1.82. The molecule has 0 radical (unpaired) electrons. The zero-order valence-electron chi connectivity index (χ0n) is 11.6. The van der Waals surface area contributed by atoms with Crippen molar-refractivity contribution in [2.24, 2.45) is 7.05 Å². The molecule has 0 atom stereocenters. The maximum Gasteiger partial charge on any atom is 0.379 e. The first kappa shape index (κ1) is 14.2. The highest BCUT2D eigenvalue weighted by molar-refractivity contribution is 5.84. The van der Waals surface area contributed by atoms with Crippen LogP contribution in [0.2, 0.25) is 0 Å². The van der Waals surface area contributed by atoms with E-state index in [0.717, 1.165) is 34.2 Å². The molecule has 0 spiro atoms. The van der Waals surface area contributed by atoms with Gasteiger partial charge in [-0.3, -0.25) is 4.68 Å². The standard InChI is InChI=1S/C16H12F2N2O2/c1-20-9-12-3-2-11(8-14(12)19-20)10-4-6-13(7-5-10)16(17,18)15(21)22/h2-9H,1H3,(H,21,22). The summed E-state index contributed by atoms with van der Waals surface area (Å²) in [7, 11) is 1.82. The Morgan fingerprint density at radius 1 is 1.14 bits per heavy atom. The van der Waals surface area contributed by atoms with E-state index in [1.807, 2.05) is 31.4 Å². The van der Waals surface area contributed by atoms with Crippen molar-refractivity contribution in [1.29, 1.82) is 0 Å². The van der Waals surface area contributed by atoms with Crippen LogP contribution in [0, 0.1) is 0 Å². The largest absolute Gasteiger partial charge is 0.477 e. The number of benzene rings is 2. The van der Waals surface area contributed by atoms with Crippen LogP contribution in [0.25, 0.3) is 22.0 Å². The highest BCUT2D eigenvalue weighted by Gasteiger charge is 2.40. The Morgan fingerprint density at radius 2 is 1.77 bits per heavy atom. The maximum absolute atomic E-state index is 13.4. The maximum atomic E-state index is 13.4. The van der Waals surface area contributed by atoms with Crippen LogP contribution in [0.15, 0.2) is 48.7 Å². The van der Waals surface area contributed by atoms with Crippen molar-refractivity contribution < 1.29 is 18.7 Å². The molecule has 0 aliphatic carbocycles. The van der Waals surface area contributed by atoms with Crippen LogP contribution in [0.4, 0.5) is 8.78 Å². The summed E-state index contributed by atoms with van der Waals surface area (Å²) in [6, 6.07) is 10.9. The monoisotopic (exact) mass is 302 g/mol. The lowest BCUT2D eigenvalue weighted by molar-refractivity contribution is -0.166. The quantitative estimate of drug-likeness (QED) is 0.806. The fraction of sp³-hybridized carbons (Fsp3) is 0.125. The van der Waals surface area contributed by atoms with Crippen LogP contribution < -0.4 is 0 Å². The number of carboxylic acid groups (broad SMARTS) is 1. The Balaban J connectivity index is 1.99. The van der Waals surface area contributed by atoms with E-state index in [9.17, 15) is 13.6 Å². The van der Waals surface area contributed by atoms with Crippen molar-refractivity contribution in [3.05, 3.63) is 54.2 Å². The lowest BCUT2D eigenvalue weighted by Gasteiger charge is -2.12. The average molecular weight is 302 g/mol. The van der Waals surface area contributed by atoms with Gasteiger partial charge in [0.2, 0.25) is 0 Å². The highest BCUT2D eigenvalue weighted by Crippen LogP contribution is 2.31. The van der Waals surface area contributed by atoms with Crippen LogP contribution in [0.5, 0.6) is 0 Å². The molecule has 0 bridgehead atoms. The smallest absolute Gasteiger partial charge is 0.379 e. The third-order valence-electron chi connectivity index (χ3n) is 3.47. The number of carboxylic acids is 1. The Kier molecular flexibility index (Phi) is 3.16. The van der Waals surface area contributed by atoms with Crippen molar-refractivity contribution in [2.45, 2.75) is 5.92 Å². The second-order valence-electron chi connectivity index (χ2n) is 5.03. The molecule has 1 heterocycles. The summed E-state index contributed by atoms with van der Waals surface area (Å²) in [5.74, 6) is -6.04. The van der Waals surface area contributed by atoms with Crippen LogP contribution in [-0.4, -0.2) is 20.9 Å². The van der Waals surface area contributed by atoms with Gasteiger partial charge in [0, 0.05) is 24.2 Å². The molecular formula is C16H12F2N2O2. The molecule has 0 fully saturated rings. The molecule has 0 aliphatic heterocycles. The number of rotatable bonds is 3. The SMILES string of the molecule is Cn1cc2ccc(-c3ccc(C(F)(F)C(=O)O)cc3)cc2n1. The molecule has 2 aromatic carbocycles. The molecule has 112 valence electrons. The van der Waals surface area contributed by atoms with Crippen molar-refractivity contribution in [3.63, 3.8) is 0 Å². The highest BCUT2D eigenvalue weighted by atomic mass is 19.3. The van der Waals surface area contributed by atoms with E-state index in [2.05, 4.69) is 5.10 Å². The molecule has 22 heavy (non-hydrogen) atoms. The number of aryl methyl sites for hydroxylation is 1. The number of alkyl halides is 2. The van der Waals surface area contributed by atoms with E-state index in [0.29, 0.717) is 0 Å². The van der Waals surface area contributed by atoms with Gasteiger partial charge in [-0.2, -0.15) is 13.9 Å². The third-order valence-corrected chi connectivity index (χ3v) is 3.47. The minimum atomic E-state index is -3.89. The van der Waals surface area contributed by atoms with Gasteiger partial charge in [0.1, 0.15) is 0 Å². The van der Waals surface area contributed by atoms with E-state index in [4.69, 9.17) is 5.11 Å². The zero-order chi connectivity index (χ0) is 15.9. The van der Waals surface area contributed by atoms with E-state index >= 15 is 0 Å². The van der Waals surface area contributed by atoms with Gasteiger partial charge in [0.25, 0.3) is 0 Å². The normalized spacial score (nSPS) is 11.8. The van der Waals surface area contributed by atoms with E-state index in [1.54, 1.807) is 4.68 Å². The van der Waals surface area contributed by atoms with Crippen LogP contribution in [-0.2, 0) is 17.8 Å². The van der Waals surface area contributed by atoms with Crippen molar-refractivity contribution in [1.82, 2.24) is 9.78 Å². The summed E-state index contributed by atoms with van der Waals surface area (Å²) < 4.78 is 28.5. The molecule has 1 N–H and O–H groups in total. The Bertz CT molecular complexity index is 854. The molecule has 0 amide bonds. The van der Waals surface area contributed by atoms with E-state index < -0.39 is 17.5 Å². The van der Waals surface area contributed by atoms with Crippen molar-refractivity contribution >= 4 is 16.9 Å². The number of hydrogen-bond donors (Lipinski definition) is 1. The number of nitrogens with zero attached hydrogens (tertiary/aromatic N) is 2. The molecule has 6 heteroatoms. The molecule has 0 saturated carbocycles. The fourth-order valence-corrected chi connectivity index (χ4v) is 2.31. The van der Waals surface area contributed by atoms with Crippen molar-refractivity contribution in [3.8, 4) is 11.1 Å². The number of aromatic nitrogens is 2. The number of carbonyl (C=O) groups is 1. The van der Waals surface area contributed by atoms with Gasteiger partial charge < -0.3 is 5.11 Å². The Hall–Kier alpha value is -2.76. The van der Waals surface area contributed by atoms with Gasteiger partial charge in [-0.25, -0.2) is 4.79 Å². The van der Waals surface area contributed by atoms with Gasteiger partial charge in [-0.15, -0.1) is 0 Å². The average Bonchev–Trinajstić information content (AvgIpc) is 2.86. The van der Waals surface area contributed by atoms with Gasteiger partial charge in [-0.1, -0.05) is 36.4 Å². The Morgan fingerprint density at radius 3 is 2.41 bits per heavy atom. The van der Waals surface area contributed by atoms with Gasteiger partial charge in [0.15, 0.2) is 0 Å². The van der Waals surface area contributed by atoms with Gasteiger partial charge in [0.05, 0.1) is 5.52 Å². The van der Waals surface area contributed by atoms with E-state index in [-0.39, 0.29) is 0 Å². The van der Waals surface area contributed by atoms with Crippen LogP contribution in [0.1, 0.15) is 5.56 Å². The second kappa shape index (κ2) is 4.91. The minimum absolute atomic E-state index is 0.539. The molecule has 1 aromatic heterocycles. The zero-order valence-corrected chi connectivity index (χ0v) is 11.6. The lowest BCUT2D eigenvalue weighted by atomic mass is 10.0. The third kappa shape index (κ3) is 2.32. The molecule has 3 aromatic rings. The Labute approximate surface area is 124 Å². The summed E-state index contributed by atoms with van der Waals surface area (Å²) in [5, 5.41) is 13.8. The van der Waals surface area contributed by atoms with Crippen LogP contribution in [0.3, 0.4) is 0 Å². The first-order valence-corrected chi connectivity index (χ1v) is 6.53. The number of aliphatic carboxylic acids is 1. The molecule has 3 rings (SSSR count). The summed E-state index contributed by atoms with van der Waals surface area (Å²) in [6.07, 6.45) is 1.88. The fourth-order valence-electron chi connectivity index (χ4n) is 2.31. The van der Waals surface area contributed by atoms with Gasteiger partial charge >= 0.3 is 11.9 Å². The van der Waals surface area contributed by atoms with Crippen LogP contribution >= 0.6 is 0 Å². The summed E-state index contributed by atoms with van der Waals surface area (Å²) >= 11 is 0. The number of fused-ring (bicyclic) bond motifs is 1. The molecule has 0 aliphatic rings. The number of halogens is 2. The lowest BCUT2D eigenvalue weighted by Crippen LogP contribution is -2.25. The minimum Gasteiger partial charge on any atom is -0.477 e. The van der Waals surface area contributed by atoms with E-state index in [1.165, 1.54) is 12.1 Å². The first-order valence-electron chi connectivity index (χ1n) is 6.53. The molecule has 0 saturated heterocycles. The predicted octanol–water partition coefficient (Wildman–Crippen LogP) is 3.42. The summed E-state index contributed by atoms with van der Waals surface area (Å²) in [6.45, 7) is 0. The predicted molar refractivity (Wildman–Crippen MR) is 77.7 cm³/mol. The topological polar surface area (TPSA) is 55.1 Å². The molecule has 0 unspecified atom stereocenters. The summed E-state index contributed by atoms with van der Waals surface area (Å²) in [4.78, 5) is 10.6. The number of hydrogen-bond acceptors (Lipinski definition) is 2. The first-order chi connectivity index (χ1) is 10.4. The second-order valence-corrected chi connectivity index (χ2v) is 5.03.